The third kappa shape index (κ3) is 3.73. The van der Waals surface area contributed by atoms with Gasteiger partial charge in [0, 0.05) is 32.4 Å². The molecule has 1 aromatic heterocycles. The molecule has 5 rings (SSSR count). The number of carbonyl (C=O) groups is 2. The van der Waals surface area contributed by atoms with Crippen molar-refractivity contribution in [2.45, 2.75) is 75.4 Å². The fourth-order valence-electron chi connectivity index (χ4n) is 5.35. The molecular formula is C23H30N4O2S. The molecule has 0 unspecified atom stereocenters. The molecular weight excluding hydrogens is 396 g/mol. The van der Waals surface area contributed by atoms with Crippen LogP contribution in [0, 0.1) is 0 Å². The number of aryl methyl sites for hydroxylation is 1. The van der Waals surface area contributed by atoms with Crippen LogP contribution in [0.4, 0.5) is 0 Å². The van der Waals surface area contributed by atoms with E-state index < -0.39 is 0 Å². The second-order valence-corrected chi connectivity index (χ2v) is 10.2. The third-order valence-corrected chi connectivity index (χ3v) is 8.16. The van der Waals surface area contributed by atoms with Gasteiger partial charge in [0.05, 0.1) is 26.4 Å². The lowest BCUT2D eigenvalue weighted by atomic mass is 9.81. The molecule has 2 aromatic rings. The molecule has 160 valence electrons. The van der Waals surface area contributed by atoms with E-state index in [2.05, 4.69) is 21.7 Å². The van der Waals surface area contributed by atoms with Crippen LogP contribution in [0.2, 0.25) is 0 Å². The fourth-order valence-corrected chi connectivity index (χ4v) is 6.36. The number of aromatic nitrogens is 1. The van der Waals surface area contributed by atoms with Crippen molar-refractivity contribution in [3.8, 4) is 0 Å². The molecule has 3 aliphatic rings. The van der Waals surface area contributed by atoms with Gasteiger partial charge in [0.25, 0.3) is 0 Å². The van der Waals surface area contributed by atoms with E-state index in [1.54, 1.807) is 11.3 Å². The number of piperidine rings is 1. The normalized spacial score (nSPS) is 22.7. The third-order valence-electron chi connectivity index (χ3n) is 7.06. The molecule has 3 fully saturated rings. The predicted molar refractivity (Wildman–Crippen MR) is 118 cm³/mol. The number of benzene rings is 1. The van der Waals surface area contributed by atoms with E-state index in [1.807, 2.05) is 23.1 Å². The maximum atomic E-state index is 12.7. The van der Waals surface area contributed by atoms with Crippen LogP contribution in [0.1, 0.15) is 62.8 Å². The van der Waals surface area contributed by atoms with Gasteiger partial charge in [0.1, 0.15) is 0 Å². The van der Waals surface area contributed by atoms with Crippen molar-refractivity contribution >= 4 is 33.4 Å². The maximum Gasteiger partial charge on any atom is 0.241 e. The molecule has 1 aromatic carbocycles. The molecule has 6 nitrogen and oxygen atoms in total. The largest absolute Gasteiger partial charge is 0.342 e. The second kappa shape index (κ2) is 7.93. The zero-order chi connectivity index (χ0) is 20.6. The maximum absolute atomic E-state index is 12.7. The first-order valence-corrected chi connectivity index (χ1v) is 12.1. The van der Waals surface area contributed by atoms with Crippen molar-refractivity contribution in [1.82, 2.24) is 20.5 Å². The quantitative estimate of drug-likeness (QED) is 0.786. The minimum absolute atomic E-state index is 0.179. The molecule has 2 saturated heterocycles. The number of carbonyl (C=O) groups excluding carboxylic acids is 2. The molecule has 1 aliphatic carbocycles. The molecule has 30 heavy (non-hydrogen) atoms. The molecule has 0 atom stereocenters. The summed E-state index contributed by atoms with van der Waals surface area (Å²) in [7, 11) is 0. The Balaban J connectivity index is 1.11. The van der Waals surface area contributed by atoms with E-state index in [1.165, 1.54) is 11.1 Å². The second-order valence-electron chi connectivity index (χ2n) is 9.11. The molecule has 3 heterocycles. The molecule has 2 spiro atoms. The summed E-state index contributed by atoms with van der Waals surface area (Å²) in [6.07, 6.45) is 9.18. The summed E-state index contributed by atoms with van der Waals surface area (Å²) in [6, 6.07) is 8.18. The molecule has 7 heteroatoms. The zero-order valence-electron chi connectivity index (χ0n) is 17.4. The van der Waals surface area contributed by atoms with Gasteiger partial charge in [-0.25, -0.2) is 4.98 Å². The van der Waals surface area contributed by atoms with Crippen molar-refractivity contribution in [3.63, 3.8) is 0 Å². The summed E-state index contributed by atoms with van der Waals surface area (Å²) < 4.78 is 1.21. The summed E-state index contributed by atoms with van der Waals surface area (Å²) in [5.41, 5.74) is 0.375. The van der Waals surface area contributed by atoms with E-state index in [0.717, 1.165) is 61.9 Å². The highest BCUT2D eigenvalue weighted by Crippen LogP contribution is 2.37. The number of thiazole rings is 1. The van der Waals surface area contributed by atoms with Crippen LogP contribution in [-0.4, -0.2) is 46.0 Å². The fraction of sp³-hybridized carbons (Fsp3) is 0.609. The first-order valence-electron chi connectivity index (χ1n) is 11.3. The number of nitrogens with one attached hydrogen (secondary N) is 2. The number of nitrogens with zero attached hydrogens (tertiary/aromatic N) is 2. The average molecular weight is 427 g/mol. The van der Waals surface area contributed by atoms with Crippen molar-refractivity contribution in [2.24, 2.45) is 0 Å². The number of hydrogen-bond acceptors (Lipinski definition) is 5. The number of likely N-dealkylation sites (tertiary alicyclic amines) is 1. The molecule has 2 aliphatic heterocycles. The van der Waals surface area contributed by atoms with Gasteiger partial charge in [0.2, 0.25) is 11.8 Å². The summed E-state index contributed by atoms with van der Waals surface area (Å²) in [6.45, 7) is 1.42. The molecule has 2 amide bonds. The Morgan fingerprint density at radius 2 is 1.87 bits per heavy atom. The Labute approximate surface area is 181 Å². The molecule has 1 saturated carbocycles. The van der Waals surface area contributed by atoms with Crippen LogP contribution in [-0.2, 0) is 16.0 Å². The van der Waals surface area contributed by atoms with Gasteiger partial charge >= 0.3 is 0 Å². The Bertz CT molecular complexity index is 909. The van der Waals surface area contributed by atoms with Gasteiger partial charge in [-0.15, -0.1) is 11.3 Å². The summed E-state index contributed by atoms with van der Waals surface area (Å²) in [5, 5.41) is 8.08. The molecule has 2 N–H and O–H groups in total. The Hall–Kier alpha value is -1.99. The highest BCUT2D eigenvalue weighted by Gasteiger charge is 2.54. The first-order chi connectivity index (χ1) is 14.6. The number of fused-ring (bicyclic) bond motifs is 1. The van der Waals surface area contributed by atoms with Crippen molar-refractivity contribution in [1.29, 1.82) is 0 Å². The van der Waals surface area contributed by atoms with E-state index in [4.69, 9.17) is 0 Å². The van der Waals surface area contributed by atoms with Crippen LogP contribution < -0.4 is 10.6 Å². The van der Waals surface area contributed by atoms with Crippen LogP contribution in [0.15, 0.2) is 24.3 Å². The van der Waals surface area contributed by atoms with E-state index in [9.17, 15) is 9.59 Å². The average Bonchev–Trinajstić information content (AvgIpc) is 3.27. The summed E-state index contributed by atoms with van der Waals surface area (Å²) in [4.78, 5) is 32.1. The van der Waals surface area contributed by atoms with Gasteiger partial charge in [-0.1, -0.05) is 31.4 Å². The van der Waals surface area contributed by atoms with Crippen LogP contribution in [0.25, 0.3) is 10.2 Å². The minimum atomic E-state index is -0.359. The van der Waals surface area contributed by atoms with Crippen LogP contribution in [0.3, 0.4) is 0 Å². The van der Waals surface area contributed by atoms with Crippen molar-refractivity contribution < 1.29 is 9.59 Å². The Kier molecular flexibility index (Phi) is 5.27. The first kappa shape index (κ1) is 19.9. The Morgan fingerprint density at radius 3 is 2.63 bits per heavy atom. The van der Waals surface area contributed by atoms with E-state index in [0.29, 0.717) is 19.5 Å². The van der Waals surface area contributed by atoms with Crippen molar-refractivity contribution in [3.05, 3.63) is 29.3 Å². The highest BCUT2D eigenvalue weighted by atomic mass is 32.1. The van der Waals surface area contributed by atoms with Crippen LogP contribution >= 0.6 is 11.3 Å². The lowest BCUT2D eigenvalue weighted by molar-refractivity contribution is -0.133. The van der Waals surface area contributed by atoms with Gasteiger partial charge < -0.3 is 10.2 Å². The smallest absolute Gasteiger partial charge is 0.241 e. The van der Waals surface area contributed by atoms with Gasteiger partial charge in [-0.3, -0.25) is 14.9 Å². The van der Waals surface area contributed by atoms with E-state index >= 15 is 0 Å². The predicted octanol–water partition coefficient (Wildman–Crippen LogP) is 3.36. The SMILES string of the molecule is O=C(CCCc1nc2ccccc2s1)N1CCC2(CC1)NC(=O)C1(CCCCC1)N2. The van der Waals surface area contributed by atoms with Gasteiger partial charge in [0.15, 0.2) is 0 Å². The summed E-state index contributed by atoms with van der Waals surface area (Å²) in [5.74, 6) is 0.403. The highest BCUT2D eigenvalue weighted by molar-refractivity contribution is 7.18. The Morgan fingerprint density at radius 1 is 1.10 bits per heavy atom. The van der Waals surface area contributed by atoms with E-state index in [-0.39, 0.29) is 23.0 Å². The number of para-hydroxylation sites is 1. The molecule has 0 radical (unpaired) electrons. The van der Waals surface area contributed by atoms with Crippen molar-refractivity contribution in [2.75, 3.05) is 13.1 Å². The van der Waals surface area contributed by atoms with Gasteiger partial charge in [-0.2, -0.15) is 0 Å². The topological polar surface area (TPSA) is 74.3 Å². The standard InChI is InChI=1S/C23H30N4O2S/c28-20(10-6-9-19-24-17-7-2-3-8-18(17)30-19)27-15-13-23(14-16-27)25-21(29)22(26-23)11-4-1-5-12-22/h2-3,7-8,26H,1,4-6,9-16H2,(H,25,29). The lowest BCUT2D eigenvalue weighted by Gasteiger charge is -2.41. The van der Waals surface area contributed by atoms with Gasteiger partial charge in [-0.05, 0) is 37.8 Å². The number of amides is 2. The van der Waals surface area contributed by atoms with Crippen LogP contribution in [0.5, 0.6) is 0 Å². The lowest BCUT2D eigenvalue weighted by Crippen LogP contribution is -2.60. The monoisotopic (exact) mass is 426 g/mol. The number of rotatable bonds is 4. The molecule has 0 bridgehead atoms. The minimum Gasteiger partial charge on any atom is -0.342 e. The zero-order valence-corrected chi connectivity index (χ0v) is 18.2. The summed E-state index contributed by atoms with van der Waals surface area (Å²) >= 11 is 1.72. The number of hydrogen-bond donors (Lipinski definition) is 2.